The second-order valence-corrected chi connectivity index (χ2v) is 3.05. The minimum atomic E-state index is -0.0547. The van der Waals surface area contributed by atoms with Gasteiger partial charge in [-0.3, -0.25) is 4.79 Å². The largest absolute Gasteiger partial charge is 0.371 e. The Morgan fingerprint density at radius 2 is 2.58 bits per heavy atom. The van der Waals surface area contributed by atoms with Crippen LogP contribution in [-0.2, 0) is 9.53 Å². The standard InChI is InChI=1S/C8H16N2O2/c1-9-8(11)6-12-5-7-2-3-10-4-7/h7,10H,2-6H2,1H3,(H,9,11). The number of ether oxygens (including phenoxy) is 1. The lowest BCUT2D eigenvalue weighted by atomic mass is 10.1. The topological polar surface area (TPSA) is 50.4 Å². The van der Waals surface area contributed by atoms with Crippen LogP contribution < -0.4 is 10.6 Å². The lowest BCUT2D eigenvalue weighted by Gasteiger charge is -2.07. The van der Waals surface area contributed by atoms with E-state index in [0.717, 1.165) is 19.5 Å². The molecule has 0 aromatic carbocycles. The highest BCUT2D eigenvalue weighted by molar-refractivity contribution is 5.76. The highest BCUT2D eigenvalue weighted by atomic mass is 16.5. The summed E-state index contributed by atoms with van der Waals surface area (Å²) in [6.45, 7) is 2.98. The van der Waals surface area contributed by atoms with Crippen molar-refractivity contribution in [3.8, 4) is 0 Å². The fourth-order valence-corrected chi connectivity index (χ4v) is 1.25. The normalized spacial score (nSPS) is 22.6. The van der Waals surface area contributed by atoms with Gasteiger partial charge in [0.15, 0.2) is 0 Å². The number of likely N-dealkylation sites (N-methyl/N-ethyl adjacent to an activating group) is 1. The van der Waals surface area contributed by atoms with E-state index in [0.29, 0.717) is 12.5 Å². The van der Waals surface area contributed by atoms with Gasteiger partial charge in [0.1, 0.15) is 6.61 Å². The van der Waals surface area contributed by atoms with Gasteiger partial charge in [-0.05, 0) is 18.9 Å². The molecule has 0 aromatic rings. The summed E-state index contributed by atoms with van der Waals surface area (Å²) in [5, 5.41) is 5.75. The SMILES string of the molecule is CNC(=O)COCC1CCNC1. The maximum Gasteiger partial charge on any atom is 0.245 e. The average Bonchev–Trinajstić information content (AvgIpc) is 2.57. The van der Waals surface area contributed by atoms with Crippen molar-refractivity contribution < 1.29 is 9.53 Å². The number of carbonyl (C=O) groups excluding carboxylic acids is 1. The van der Waals surface area contributed by atoms with Gasteiger partial charge in [0, 0.05) is 13.6 Å². The summed E-state index contributed by atoms with van der Waals surface area (Å²) < 4.78 is 5.22. The molecule has 0 aromatic heterocycles. The number of hydrogen-bond acceptors (Lipinski definition) is 3. The summed E-state index contributed by atoms with van der Waals surface area (Å²) in [7, 11) is 1.61. The average molecular weight is 172 g/mol. The van der Waals surface area contributed by atoms with Crippen LogP contribution in [0.4, 0.5) is 0 Å². The van der Waals surface area contributed by atoms with E-state index in [4.69, 9.17) is 4.74 Å². The molecule has 0 radical (unpaired) electrons. The Balaban J connectivity index is 1.97. The molecule has 4 nitrogen and oxygen atoms in total. The third-order valence-electron chi connectivity index (χ3n) is 2.03. The van der Waals surface area contributed by atoms with E-state index in [1.807, 2.05) is 0 Å². The first-order valence-electron chi connectivity index (χ1n) is 4.32. The molecule has 0 bridgehead atoms. The first kappa shape index (κ1) is 9.48. The minimum absolute atomic E-state index is 0.0547. The zero-order valence-corrected chi connectivity index (χ0v) is 7.43. The monoisotopic (exact) mass is 172 g/mol. The Kier molecular flexibility index (Phi) is 4.04. The summed E-state index contributed by atoms with van der Waals surface area (Å²) >= 11 is 0. The lowest BCUT2D eigenvalue weighted by Crippen LogP contribution is -2.25. The van der Waals surface area contributed by atoms with E-state index in [-0.39, 0.29) is 12.5 Å². The Morgan fingerprint density at radius 1 is 1.75 bits per heavy atom. The molecule has 1 aliphatic heterocycles. The molecule has 1 aliphatic rings. The van der Waals surface area contributed by atoms with Gasteiger partial charge in [0.2, 0.25) is 5.91 Å². The van der Waals surface area contributed by atoms with E-state index in [9.17, 15) is 4.79 Å². The minimum Gasteiger partial charge on any atom is -0.371 e. The van der Waals surface area contributed by atoms with Crippen LogP contribution in [0, 0.1) is 5.92 Å². The second-order valence-electron chi connectivity index (χ2n) is 3.05. The van der Waals surface area contributed by atoms with E-state index in [2.05, 4.69) is 10.6 Å². The molecule has 1 atom stereocenters. The zero-order valence-electron chi connectivity index (χ0n) is 7.43. The molecular weight excluding hydrogens is 156 g/mol. The molecule has 70 valence electrons. The van der Waals surface area contributed by atoms with Gasteiger partial charge < -0.3 is 15.4 Å². The molecule has 1 saturated heterocycles. The van der Waals surface area contributed by atoms with Gasteiger partial charge in [0.25, 0.3) is 0 Å². The highest BCUT2D eigenvalue weighted by Gasteiger charge is 2.14. The predicted molar refractivity (Wildman–Crippen MR) is 45.9 cm³/mol. The van der Waals surface area contributed by atoms with E-state index in [1.165, 1.54) is 0 Å². The fourth-order valence-electron chi connectivity index (χ4n) is 1.25. The number of rotatable bonds is 4. The summed E-state index contributed by atoms with van der Waals surface area (Å²) in [6.07, 6.45) is 1.16. The van der Waals surface area contributed by atoms with Gasteiger partial charge >= 0.3 is 0 Å². The van der Waals surface area contributed by atoms with Gasteiger partial charge in [-0.2, -0.15) is 0 Å². The second kappa shape index (κ2) is 5.11. The molecule has 1 unspecified atom stereocenters. The molecule has 0 saturated carbocycles. The van der Waals surface area contributed by atoms with Crippen molar-refractivity contribution in [1.82, 2.24) is 10.6 Å². The molecule has 12 heavy (non-hydrogen) atoms. The van der Waals surface area contributed by atoms with Crippen LogP contribution in [0.2, 0.25) is 0 Å². The molecule has 1 heterocycles. The van der Waals surface area contributed by atoms with Gasteiger partial charge in [-0.15, -0.1) is 0 Å². The molecule has 1 rings (SSSR count). The van der Waals surface area contributed by atoms with Crippen LogP contribution in [0.3, 0.4) is 0 Å². The number of hydrogen-bond donors (Lipinski definition) is 2. The van der Waals surface area contributed by atoms with Crippen LogP contribution in [0.1, 0.15) is 6.42 Å². The number of carbonyl (C=O) groups is 1. The molecule has 0 aliphatic carbocycles. The van der Waals surface area contributed by atoms with Crippen LogP contribution in [-0.4, -0.2) is 39.3 Å². The number of amides is 1. The van der Waals surface area contributed by atoms with Crippen LogP contribution in [0.5, 0.6) is 0 Å². The maximum atomic E-state index is 10.7. The number of nitrogens with one attached hydrogen (secondary N) is 2. The fraction of sp³-hybridized carbons (Fsp3) is 0.875. The van der Waals surface area contributed by atoms with Gasteiger partial charge in [-0.25, -0.2) is 0 Å². The summed E-state index contributed by atoms with van der Waals surface area (Å²) in [5.74, 6) is 0.538. The van der Waals surface area contributed by atoms with Gasteiger partial charge in [0.05, 0.1) is 6.61 Å². The van der Waals surface area contributed by atoms with Crippen molar-refractivity contribution in [2.75, 3.05) is 33.4 Å². The third-order valence-corrected chi connectivity index (χ3v) is 2.03. The maximum absolute atomic E-state index is 10.7. The van der Waals surface area contributed by atoms with Crippen LogP contribution in [0.15, 0.2) is 0 Å². The summed E-state index contributed by atoms with van der Waals surface area (Å²) in [5.41, 5.74) is 0. The van der Waals surface area contributed by atoms with Crippen molar-refractivity contribution in [1.29, 1.82) is 0 Å². The van der Waals surface area contributed by atoms with E-state index in [1.54, 1.807) is 7.05 Å². The van der Waals surface area contributed by atoms with Gasteiger partial charge in [-0.1, -0.05) is 0 Å². The molecular formula is C8H16N2O2. The van der Waals surface area contributed by atoms with Crippen molar-refractivity contribution in [3.63, 3.8) is 0 Å². The smallest absolute Gasteiger partial charge is 0.245 e. The van der Waals surface area contributed by atoms with Crippen molar-refractivity contribution in [2.45, 2.75) is 6.42 Å². The van der Waals surface area contributed by atoms with E-state index < -0.39 is 0 Å². The summed E-state index contributed by atoms with van der Waals surface area (Å²) in [6, 6.07) is 0. The molecule has 0 spiro atoms. The quantitative estimate of drug-likeness (QED) is 0.593. The van der Waals surface area contributed by atoms with E-state index >= 15 is 0 Å². The van der Waals surface area contributed by atoms with Crippen LogP contribution in [0.25, 0.3) is 0 Å². The summed E-state index contributed by atoms with van der Waals surface area (Å²) in [4.78, 5) is 10.7. The van der Waals surface area contributed by atoms with Crippen molar-refractivity contribution in [3.05, 3.63) is 0 Å². The Hall–Kier alpha value is -0.610. The van der Waals surface area contributed by atoms with Crippen molar-refractivity contribution >= 4 is 5.91 Å². The molecule has 4 heteroatoms. The molecule has 1 fully saturated rings. The van der Waals surface area contributed by atoms with Crippen molar-refractivity contribution in [2.24, 2.45) is 5.92 Å². The zero-order chi connectivity index (χ0) is 8.81. The predicted octanol–water partition coefficient (Wildman–Crippen LogP) is -0.641. The lowest BCUT2D eigenvalue weighted by molar-refractivity contribution is -0.125. The Morgan fingerprint density at radius 3 is 3.17 bits per heavy atom. The van der Waals surface area contributed by atoms with Crippen LogP contribution >= 0.6 is 0 Å². The molecule has 2 N–H and O–H groups in total. The molecule has 1 amide bonds. The Labute approximate surface area is 72.7 Å². The third kappa shape index (κ3) is 3.19. The Bertz CT molecular complexity index is 144. The first-order valence-corrected chi connectivity index (χ1v) is 4.32. The highest BCUT2D eigenvalue weighted by Crippen LogP contribution is 2.06. The first-order chi connectivity index (χ1) is 5.83.